The zero-order valence-electron chi connectivity index (χ0n) is 12.7. The summed E-state index contributed by atoms with van der Waals surface area (Å²) in [4.78, 5) is 2.18. The summed E-state index contributed by atoms with van der Waals surface area (Å²) in [6.45, 7) is 5.31. The molecule has 1 aromatic rings. The van der Waals surface area contributed by atoms with Crippen molar-refractivity contribution in [1.82, 2.24) is 4.90 Å². The molecule has 4 nitrogen and oxygen atoms in total. The Morgan fingerprint density at radius 3 is 2.59 bits per heavy atom. The van der Waals surface area contributed by atoms with Crippen molar-refractivity contribution < 1.29 is 9.47 Å². The van der Waals surface area contributed by atoms with Gasteiger partial charge < -0.3 is 19.7 Å². The number of benzene rings is 1. The molecule has 1 N–H and O–H groups in total. The number of thiocarbonyl (C=S) groups is 1. The van der Waals surface area contributed by atoms with Crippen molar-refractivity contribution in [1.29, 1.82) is 0 Å². The maximum Gasteiger partial charge on any atom is 0.173 e. The summed E-state index contributed by atoms with van der Waals surface area (Å²) in [5, 5.41) is 4.80. The van der Waals surface area contributed by atoms with Crippen molar-refractivity contribution in [3.63, 3.8) is 0 Å². The van der Waals surface area contributed by atoms with Crippen LogP contribution in [-0.2, 0) is 9.47 Å². The van der Waals surface area contributed by atoms with Crippen LogP contribution >= 0.6 is 23.8 Å². The minimum absolute atomic E-state index is 0.374. The average Bonchev–Trinajstić information content (AvgIpc) is 2.51. The summed E-state index contributed by atoms with van der Waals surface area (Å²) >= 11 is 11.5. The number of halogens is 1. The predicted molar refractivity (Wildman–Crippen MR) is 92.5 cm³/mol. The first-order chi connectivity index (χ1) is 10.6. The standard InChI is InChI=1S/C16H21ClN2O2S/c1-12-11-13(17)3-4-14(12)18-15(22)19-7-5-16(6-8-19)20-9-2-10-21-16/h3-4,11H,2,5-10H2,1H3,(H,18,22). The topological polar surface area (TPSA) is 33.7 Å². The van der Waals surface area contributed by atoms with Gasteiger partial charge in [-0.2, -0.15) is 0 Å². The first-order valence-electron chi connectivity index (χ1n) is 7.68. The third kappa shape index (κ3) is 3.54. The fourth-order valence-electron chi connectivity index (χ4n) is 2.92. The van der Waals surface area contributed by atoms with Crippen LogP contribution in [0, 0.1) is 6.92 Å². The summed E-state index contributed by atoms with van der Waals surface area (Å²) in [5.41, 5.74) is 2.09. The number of nitrogens with zero attached hydrogens (tertiary/aromatic N) is 1. The van der Waals surface area contributed by atoms with E-state index in [-0.39, 0.29) is 5.79 Å². The van der Waals surface area contributed by atoms with Gasteiger partial charge in [0.25, 0.3) is 0 Å². The number of hydrogen-bond donors (Lipinski definition) is 1. The minimum atomic E-state index is -0.374. The Labute approximate surface area is 141 Å². The fraction of sp³-hybridized carbons (Fsp3) is 0.562. The molecule has 1 aromatic carbocycles. The molecule has 0 amide bonds. The number of rotatable bonds is 1. The number of aryl methyl sites for hydroxylation is 1. The molecule has 0 bridgehead atoms. The highest BCUT2D eigenvalue weighted by Gasteiger charge is 2.38. The quantitative estimate of drug-likeness (QED) is 0.790. The van der Waals surface area contributed by atoms with Crippen molar-refractivity contribution >= 4 is 34.6 Å². The normalized spacial score (nSPS) is 20.9. The molecule has 0 aliphatic carbocycles. The number of nitrogens with one attached hydrogen (secondary N) is 1. The van der Waals surface area contributed by atoms with Crippen molar-refractivity contribution in [2.45, 2.75) is 32.0 Å². The van der Waals surface area contributed by atoms with Crippen LogP contribution < -0.4 is 5.32 Å². The molecule has 1 spiro atoms. The zero-order chi connectivity index (χ0) is 15.6. The van der Waals surface area contributed by atoms with Gasteiger partial charge in [0, 0.05) is 36.6 Å². The van der Waals surface area contributed by atoms with E-state index in [0.717, 1.165) is 67.0 Å². The second-order valence-electron chi connectivity index (χ2n) is 5.84. The lowest BCUT2D eigenvalue weighted by Gasteiger charge is -2.44. The van der Waals surface area contributed by atoms with Gasteiger partial charge in [-0.15, -0.1) is 0 Å². The van der Waals surface area contributed by atoms with E-state index in [1.54, 1.807) is 0 Å². The molecule has 0 atom stereocenters. The maximum atomic E-state index is 5.99. The Balaban J connectivity index is 1.57. The van der Waals surface area contributed by atoms with E-state index in [0.29, 0.717) is 0 Å². The smallest absolute Gasteiger partial charge is 0.173 e. The molecule has 2 heterocycles. The molecule has 2 fully saturated rings. The Morgan fingerprint density at radius 1 is 1.27 bits per heavy atom. The van der Waals surface area contributed by atoms with Gasteiger partial charge in [0.1, 0.15) is 0 Å². The van der Waals surface area contributed by atoms with Gasteiger partial charge in [0.2, 0.25) is 0 Å². The molecular weight excluding hydrogens is 320 g/mol. The molecule has 2 aliphatic rings. The van der Waals surface area contributed by atoms with Crippen LogP contribution in [0.4, 0.5) is 5.69 Å². The zero-order valence-corrected chi connectivity index (χ0v) is 14.3. The molecule has 120 valence electrons. The van der Waals surface area contributed by atoms with Crippen molar-refractivity contribution in [2.24, 2.45) is 0 Å². The molecule has 2 saturated heterocycles. The molecule has 22 heavy (non-hydrogen) atoms. The number of anilines is 1. The highest BCUT2D eigenvalue weighted by atomic mass is 35.5. The Morgan fingerprint density at radius 2 is 1.95 bits per heavy atom. The van der Waals surface area contributed by atoms with E-state index in [4.69, 9.17) is 33.3 Å². The molecule has 0 radical (unpaired) electrons. The van der Waals surface area contributed by atoms with Crippen LogP contribution in [0.2, 0.25) is 5.02 Å². The Hall–Kier alpha value is -0.880. The van der Waals surface area contributed by atoms with Crippen molar-refractivity contribution in [2.75, 3.05) is 31.6 Å². The van der Waals surface area contributed by atoms with E-state index in [2.05, 4.69) is 10.2 Å². The van der Waals surface area contributed by atoms with E-state index < -0.39 is 0 Å². The molecule has 2 aliphatic heterocycles. The van der Waals surface area contributed by atoms with Crippen molar-refractivity contribution in [3.8, 4) is 0 Å². The predicted octanol–water partition coefficient (Wildman–Crippen LogP) is 3.57. The van der Waals surface area contributed by atoms with Gasteiger partial charge in [-0.1, -0.05) is 11.6 Å². The van der Waals surface area contributed by atoms with Crippen LogP contribution in [0.3, 0.4) is 0 Å². The van der Waals surface area contributed by atoms with Crippen LogP contribution in [-0.4, -0.2) is 42.1 Å². The molecule has 6 heteroatoms. The Kier molecular flexibility index (Phi) is 4.88. The van der Waals surface area contributed by atoms with Gasteiger partial charge in [-0.3, -0.25) is 0 Å². The minimum Gasteiger partial charge on any atom is -0.350 e. The lowest BCUT2D eigenvalue weighted by Crippen LogP contribution is -2.52. The van der Waals surface area contributed by atoms with E-state index >= 15 is 0 Å². The third-order valence-electron chi connectivity index (χ3n) is 4.26. The highest BCUT2D eigenvalue weighted by Crippen LogP contribution is 2.31. The summed E-state index contributed by atoms with van der Waals surface area (Å²) in [7, 11) is 0. The maximum absolute atomic E-state index is 5.99. The SMILES string of the molecule is Cc1cc(Cl)ccc1NC(=S)N1CCC2(CC1)OCCCO2. The van der Waals surface area contributed by atoms with Gasteiger partial charge in [-0.25, -0.2) is 0 Å². The number of ether oxygens (including phenoxy) is 2. The van der Waals surface area contributed by atoms with Crippen LogP contribution in [0.25, 0.3) is 0 Å². The molecule has 0 saturated carbocycles. The monoisotopic (exact) mass is 340 g/mol. The summed E-state index contributed by atoms with van der Waals surface area (Å²) in [5.74, 6) is -0.374. The lowest BCUT2D eigenvalue weighted by molar-refractivity contribution is -0.281. The summed E-state index contributed by atoms with van der Waals surface area (Å²) in [6.07, 6.45) is 2.70. The molecule has 0 aromatic heterocycles. The summed E-state index contributed by atoms with van der Waals surface area (Å²) < 4.78 is 11.7. The van der Waals surface area contributed by atoms with Crippen molar-refractivity contribution in [3.05, 3.63) is 28.8 Å². The van der Waals surface area contributed by atoms with Crippen LogP contribution in [0.5, 0.6) is 0 Å². The first kappa shape index (κ1) is 16.0. The van der Waals surface area contributed by atoms with Gasteiger partial charge in [0.05, 0.1) is 13.2 Å². The molecule has 0 unspecified atom stereocenters. The number of likely N-dealkylation sites (tertiary alicyclic amines) is 1. The second kappa shape index (κ2) is 6.71. The number of hydrogen-bond acceptors (Lipinski definition) is 3. The summed E-state index contributed by atoms with van der Waals surface area (Å²) in [6, 6.07) is 5.76. The molecule has 3 rings (SSSR count). The highest BCUT2D eigenvalue weighted by molar-refractivity contribution is 7.80. The van der Waals surface area contributed by atoms with Gasteiger partial charge >= 0.3 is 0 Å². The first-order valence-corrected chi connectivity index (χ1v) is 8.47. The second-order valence-corrected chi connectivity index (χ2v) is 6.66. The van der Waals surface area contributed by atoms with Gasteiger partial charge in [-0.05, 0) is 49.3 Å². The third-order valence-corrected chi connectivity index (χ3v) is 4.86. The van der Waals surface area contributed by atoms with E-state index in [1.165, 1.54) is 0 Å². The Bertz CT molecular complexity index is 551. The van der Waals surface area contributed by atoms with E-state index in [1.807, 2.05) is 25.1 Å². The largest absolute Gasteiger partial charge is 0.350 e. The lowest BCUT2D eigenvalue weighted by atomic mass is 10.0. The van der Waals surface area contributed by atoms with Crippen LogP contribution in [0.15, 0.2) is 18.2 Å². The average molecular weight is 341 g/mol. The van der Waals surface area contributed by atoms with Gasteiger partial charge in [0.15, 0.2) is 10.9 Å². The number of piperidine rings is 1. The molecular formula is C16H21ClN2O2S. The van der Waals surface area contributed by atoms with Crippen LogP contribution in [0.1, 0.15) is 24.8 Å². The van der Waals surface area contributed by atoms with E-state index in [9.17, 15) is 0 Å². The fourth-order valence-corrected chi connectivity index (χ4v) is 3.44.